The number of carbonyl (C=O) groups is 1. The Kier molecular flexibility index (Phi) is 5.45. The van der Waals surface area contributed by atoms with E-state index in [-0.39, 0.29) is 11.1 Å². The number of benzene rings is 2. The first kappa shape index (κ1) is 20.9. The van der Waals surface area contributed by atoms with E-state index in [0.29, 0.717) is 34.3 Å². The van der Waals surface area contributed by atoms with E-state index in [2.05, 4.69) is 20.6 Å². The Morgan fingerprint density at radius 2 is 1.88 bits per heavy atom. The molecule has 0 spiro atoms. The number of para-hydroxylation sites is 1. The predicted octanol–water partition coefficient (Wildman–Crippen LogP) is 3.82. The third-order valence-corrected chi connectivity index (χ3v) is 4.89. The van der Waals surface area contributed by atoms with Gasteiger partial charge in [-0.05, 0) is 48.5 Å². The number of fused-ring (bicyclic) bond motifs is 1. The summed E-state index contributed by atoms with van der Waals surface area (Å²) < 4.78 is 17.8. The molecule has 0 bridgehead atoms. The van der Waals surface area contributed by atoms with E-state index in [1.54, 1.807) is 77.7 Å². The standard InChI is InChI=1S/C24H17N5O5/c1-32-19-5-2-4-15-14-18(24(31)34-22(15)19)23(30)26-16-6-8-17(9-7-16)33-21-11-10-20(27-28-21)29-13-3-12-25-29/h2-14H,1H3,(H,26,30). The summed E-state index contributed by atoms with van der Waals surface area (Å²) in [4.78, 5) is 25.0. The lowest BCUT2D eigenvalue weighted by molar-refractivity contribution is 0.102. The van der Waals surface area contributed by atoms with Crippen LogP contribution in [0.1, 0.15) is 10.4 Å². The number of nitrogens with zero attached hydrogens (tertiary/aromatic N) is 4. The number of hydrogen-bond donors (Lipinski definition) is 1. The van der Waals surface area contributed by atoms with Crippen molar-refractivity contribution in [2.24, 2.45) is 0 Å². The average molecular weight is 455 g/mol. The van der Waals surface area contributed by atoms with Crippen LogP contribution < -0.4 is 20.4 Å². The molecule has 0 fully saturated rings. The molecule has 0 atom stereocenters. The van der Waals surface area contributed by atoms with E-state index < -0.39 is 11.5 Å². The Hall–Kier alpha value is -4.99. The molecular weight excluding hydrogens is 438 g/mol. The highest BCUT2D eigenvalue weighted by molar-refractivity contribution is 6.05. The van der Waals surface area contributed by atoms with Gasteiger partial charge in [-0.1, -0.05) is 12.1 Å². The van der Waals surface area contributed by atoms with E-state index >= 15 is 0 Å². The summed E-state index contributed by atoms with van der Waals surface area (Å²) in [6, 6.07) is 18.4. The van der Waals surface area contributed by atoms with Crippen LogP contribution in [0.5, 0.6) is 17.4 Å². The molecule has 5 rings (SSSR count). The highest BCUT2D eigenvalue weighted by Gasteiger charge is 2.16. The van der Waals surface area contributed by atoms with E-state index in [9.17, 15) is 9.59 Å². The van der Waals surface area contributed by atoms with Gasteiger partial charge in [0.05, 0.1) is 7.11 Å². The summed E-state index contributed by atoms with van der Waals surface area (Å²) in [5, 5.41) is 15.5. The molecule has 168 valence electrons. The fraction of sp³-hybridized carbons (Fsp3) is 0.0417. The highest BCUT2D eigenvalue weighted by Crippen LogP contribution is 2.25. The van der Waals surface area contributed by atoms with Gasteiger partial charge < -0.3 is 19.2 Å². The van der Waals surface area contributed by atoms with Gasteiger partial charge in [0.2, 0.25) is 5.88 Å². The lowest BCUT2D eigenvalue weighted by Gasteiger charge is -2.08. The molecule has 0 aliphatic rings. The van der Waals surface area contributed by atoms with Gasteiger partial charge in [-0.25, -0.2) is 9.48 Å². The largest absolute Gasteiger partial charge is 0.493 e. The summed E-state index contributed by atoms with van der Waals surface area (Å²) in [5.41, 5.74) is -0.114. The van der Waals surface area contributed by atoms with E-state index in [1.807, 2.05) is 0 Å². The number of hydrogen-bond acceptors (Lipinski definition) is 8. The second-order valence-corrected chi connectivity index (χ2v) is 7.09. The molecule has 0 aliphatic carbocycles. The van der Waals surface area contributed by atoms with Crippen LogP contribution >= 0.6 is 0 Å². The Balaban J connectivity index is 1.28. The van der Waals surface area contributed by atoms with Crippen LogP contribution in [0.2, 0.25) is 0 Å². The average Bonchev–Trinajstić information content (AvgIpc) is 3.40. The van der Waals surface area contributed by atoms with Crippen LogP contribution in [0.3, 0.4) is 0 Å². The predicted molar refractivity (Wildman–Crippen MR) is 123 cm³/mol. The van der Waals surface area contributed by atoms with E-state index in [0.717, 1.165) is 0 Å². The Morgan fingerprint density at radius 1 is 1.03 bits per heavy atom. The number of anilines is 1. The van der Waals surface area contributed by atoms with Gasteiger partial charge in [-0.3, -0.25) is 4.79 Å². The summed E-state index contributed by atoms with van der Waals surface area (Å²) >= 11 is 0. The molecule has 2 aromatic carbocycles. The third kappa shape index (κ3) is 4.19. The lowest BCUT2D eigenvalue weighted by Crippen LogP contribution is -2.20. The number of nitrogens with one attached hydrogen (secondary N) is 1. The zero-order valence-corrected chi connectivity index (χ0v) is 17.8. The summed E-state index contributed by atoms with van der Waals surface area (Å²) in [6.45, 7) is 0. The summed E-state index contributed by atoms with van der Waals surface area (Å²) in [6.07, 6.45) is 3.41. The number of carbonyl (C=O) groups excluding carboxylic acids is 1. The Bertz CT molecular complexity index is 1510. The molecule has 34 heavy (non-hydrogen) atoms. The molecule has 0 saturated carbocycles. The summed E-state index contributed by atoms with van der Waals surface area (Å²) in [7, 11) is 1.48. The van der Waals surface area contributed by atoms with Gasteiger partial charge >= 0.3 is 5.63 Å². The van der Waals surface area contributed by atoms with Crippen LogP contribution in [0.25, 0.3) is 16.8 Å². The smallest absolute Gasteiger partial charge is 0.349 e. The van der Waals surface area contributed by atoms with Crippen molar-refractivity contribution in [2.75, 3.05) is 12.4 Å². The maximum Gasteiger partial charge on any atom is 0.349 e. The number of amides is 1. The van der Waals surface area contributed by atoms with Crippen molar-refractivity contribution < 1.29 is 18.7 Å². The van der Waals surface area contributed by atoms with Crippen LogP contribution in [-0.4, -0.2) is 33.0 Å². The fourth-order valence-corrected chi connectivity index (χ4v) is 3.26. The first-order valence-corrected chi connectivity index (χ1v) is 10.1. The van der Waals surface area contributed by atoms with Gasteiger partial charge in [-0.15, -0.1) is 10.2 Å². The van der Waals surface area contributed by atoms with Crippen molar-refractivity contribution >= 4 is 22.6 Å². The molecule has 1 N–H and O–H groups in total. The number of ether oxygens (including phenoxy) is 2. The van der Waals surface area contributed by atoms with Crippen molar-refractivity contribution in [3.63, 3.8) is 0 Å². The quantitative estimate of drug-likeness (QED) is 0.384. The SMILES string of the molecule is COc1cccc2cc(C(=O)Nc3ccc(Oc4ccc(-n5cccn5)nn4)cc3)c(=O)oc12. The maximum atomic E-state index is 12.7. The monoisotopic (exact) mass is 455 g/mol. The molecule has 3 heterocycles. The van der Waals surface area contributed by atoms with Gasteiger partial charge in [0, 0.05) is 29.5 Å². The molecule has 0 unspecified atom stereocenters. The molecule has 3 aromatic heterocycles. The Labute approximate surface area is 192 Å². The van der Waals surface area contributed by atoms with Crippen molar-refractivity contribution in [1.29, 1.82) is 0 Å². The van der Waals surface area contributed by atoms with Gasteiger partial charge in [0.25, 0.3) is 5.91 Å². The fourth-order valence-electron chi connectivity index (χ4n) is 3.26. The molecule has 10 nitrogen and oxygen atoms in total. The zero-order chi connectivity index (χ0) is 23.5. The lowest BCUT2D eigenvalue weighted by atomic mass is 10.1. The van der Waals surface area contributed by atoms with Gasteiger partial charge in [0.15, 0.2) is 17.2 Å². The van der Waals surface area contributed by atoms with Crippen molar-refractivity contribution in [3.8, 4) is 23.2 Å². The summed E-state index contributed by atoms with van der Waals surface area (Å²) in [5.74, 6) is 1.19. The first-order chi connectivity index (χ1) is 16.6. The second-order valence-electron chi connectivity index (χ2n) is 7.09. The minimum atomic E-state index is -0.758. The van der Waals surface area contributed by atoms with Crippen molar-refractivity contribution in [3.05, 3.63) is 95.1 Å². The Morgan fingerprint density at radius 3 is 2.59 bits per heavy atom. The molecule has 10 heteroatoms. The molecule has 0 saturated heterocycles. The molecule has 5 aromatic rings. The number of methoxy groups -OCH3 is 1. The van der Waals surface area contributed by atoms with Gasteiger partial charge in [0.1, 0.15) is 11.3 Å². The second kappa shape index (κ2) is 8.87. The van der Waals surface area contributed by atoms with E-state index in [1.165, 1.54) is 13.2 Å². The third-order valence-electron chi connectivity index (χ3n) is 4.89. The van der Waals surface area contributed by atoms with Crippen molar-refractivity contribution in [2.45, 2.75) is 0 Å². The van der Waals surface area contributed by atoms with Crippen LogP contribution in [-0.2, 0) is 0 Å². The van der Waals surface area contributed by atoms with Crippen molar-refractivity contribution in [1.82, 2.24) is 20.0 Å². The molecule has 0 radical (unpaired) electrons. The van der Waals surface area contributed by atoms with Gasteiger partial charge in [-0.2, -0.15) is 5.10 Å². The topological polar surface area (TPSA) is 121 Å². The highest BCUT2D eigenvalue weighted by atomic mass is 16.5. The minimum absolute atomic E-state index is 0.117. The normalized spacial score (nSPS) is 10.7. The minimum Gasteiger partial charge on any atom is -0.493 e. The first-order valence-electron chi connectivity index (χ1n) is 10.1. The number of rotatable bonds is 6. The van der Waals surface area contributed by atoms with E-state index in [4.69, 9.17) is 13.9 Å². The molecule has 1 amide bonds. The number of aromatic nitrogens is 4. The zero-order valence-electron chi connectivity index (χ0n) is 17.8. The molecule has 0 aliphatic heterocycles. The molecular formula is C24H17N5O5. The van der Waals surface area contributed by atoms with Crippen LogP contribution in [0, 0.1) is 0 Å². The van der Waals surface area contributed by atoms with Crippen LogP contribution in [0.15, 0.2) is 88.3 Å². The van der Waals surface area contributed by atoms with Crippen LogP contribution in [0.4, 0.5) is 5.69 Å². The maximum absolute atomic E-state index is 12.7.